The summed E-state index contributed by atoms with van der Waals surface area (Å²) in [6.07, 6.45) is 5.17. The summed E-state index contributed by atoms with van der Waals surface area (Å²) >= 11 is 0. The Bertz CT molecular complexity index is 190. The summed E-state index contributed by atoms with van der Waals surface area (Å²) in [6.45, 7) is 1.77. The molecule has 0 amide bonds. The molecule has 1 atom stereocenters. The number of nitrogens with two attached hydrogens (primary N) is 1. The first kappa shape index (κ1) is 12.5. The Morgan fingerprint density at radius 2 is 2.20 bits per heavy atom. The first-order valence-corrected chi connectivity index (χ1v) is 5.65. The van der Waals surface area contributed by atoms with Gasteiger partial charge in [-0.2, -0.15) is 0 Å². The van der Waals surface area contributed by atoms with Gasteiger partial charge in [0.1, 0.15) is 6.04 Å². The lowest BCUT2D eigenvalue weighted by Crippen LogP contribution is -2.31. The van der Waals surface area contributed by atoms with Crippen molar-refractivity contribution in [3.8, 4) is 0 Å². The Hall–Kier alpha value is -0.610. The maximum absolute atomic E-state index is 11.0. The molecule has 0 aromatic heterocycles. The summed E-state index contributed by atoms with van der Waals surface area (Å²) < 4.78 is 9.85. The van der Waals surface area contributed by atoms with E-state index in [1.807, 2.05) is 0 Å². The van der Waals surface area contributed by atoms with E-state index in [9.17, 15) is 4.79 Å². The van der Waals surface area contributed by atoms with Crippen LogP contribution in [0.3, 0.4) is 0 Å². The topological polar surface area (TPSA) is 61.5 Å². The van der Waals surface area contributed by atoms with E-state index in [2.05, 4.69) is 4.74 Å². The molecule has 15 heavy (non-hydrogen) atoms. The van der Waals surface area contributed by atoms with E-state index in [-0.39, 0.29) is 5.97 Å². The fourth-order valence-corrected chi connectivity index (χ4v) is 1.93. The monoisotopic (exact) mass is 215 g/mol. The van der Waals surface area contributed by atoms with Crippen molar-refractivity contribution < 1.29 is 14.3 Å². The maximum Gasteiger partial charge on any atom is 0.322 e. The van der Waals surface area contributed by atoms with Crippen LogP contribution < -0.4 is 5.73 Å². The molecule has 88 valence electrons. The highest BCUT2D eigenvalue weighted by Gasteiger charge is 2.16. The summed E-state index contributed by atoms with van der Waals surface area (Å²) in [5.41, 5.74) is 5.64. The summed E-state index contributed by atoms with van der Waals surface area (Å²) in [5, 5.41) is 0. The first-order valence-electron chi connectivity index (χ1n) is 5.65. The number of ether oxygens (including phenoxy) is 2. The van der Waals surface area contributed by atoms with Crippen LogP contribution in [-0.4, -0.2) is 32.3 Å². The van der Waals surface area contributed by atoms with Gasteiger partial charge in [-0.1, -0.05) is 12.8 Å². The van der Waals surface area contributed by atoms with Crippen molar-refractivity contribution >= 4 is 5.97 Å². The number of rotatable bonds is 5. The molecule has 0 aliphatic carbocycles. The Kier molecular flexibility index (Phi) is 5.65. The van der Waals surface area contributed by atoms with Crippen molar-refractivity contribution in [2.75, 3.05) is 20.3 Å². The number of hydrogen-bond acceptors (Lipinski definition) is 4. The van der Waals surface area contributed by atoms with E-state index in [1.54, 1.807) is 0 Å². The molecule has 4 nitrogen and oxygen atoms in total. The van der Waals surface area contributed by atoms with E-state index >= 15 is 0 Å². The van der Waals surface area contributed by atoms with E-state index in [0.717, 1.165) is 51.2 Å². The third-order valence-electron chi connectivity index (χ3n) is 2.97. The van der Waals surface area contributed by atoms with Crippen LogP contribution in [0.4, 0.5) is 0 Å². The largest absolute Gasteiger partial charge is 0.468 e. The Labute approximate surface area is 91.1 Å². The van der Waals surface area contributed by atoms with Crippen LogP contribution >= 0.6 is 0 Å². The fourth-order valence-electron chi connectivity index (χ4n) is 1.93. The molecule has 1 heterocycles. The quantitative estimate of drug-likeness (QED) is 0.697. The minimum Gasteiger partial charge on any atom is -0.468 e. The first-order chi connectivity index (χ1) is 7.24. The highest BCUT2D eigenvalue weighted by molar-refractivity contribution is 5.75. The molecule has 2 N–H and O–H groups in total. The third kappa shape index (κ3) is 4.62. The summed E-state index contributed by atoms with van der Waals surface area (Å²) in [7, 11) is 1.38. The van der Waals surface area contributed by atoms with Crippen molar-refractivity contribution in [3.05, 3.63) is 0 Å². The molecule has 0 radical (unpaired) electrons. The lowest BCUT2D eigenvalue weighted by molar-refractivity contribution is -0.142. The zero-order valence-corrected chi connectivity index (χ0v) is 9.41. The molecule has 1 aliphatic heterocycles. The summed E-state index contributed by atoms with van der Waals surface area (Å²) in [6, 6.07) is -0.449. The zero-order valence-electron chi connectivity index (χ0n) is 9.41. The molecule has 4 heteroatoms. The fraction of sp³-hybridized carbons (Fsp3) is 0.909. The molecule has 0 saturated carbocycles. The van der Waals surface area contributed by atoms with Crippen molar-refractivity contribution in [1.82, 2.24) is 0 Å². The molecule has 0 bridgehead atoms. The van der Waals surface area contributed by atoms with Gasteiger partial charge in [0.25, 0.3) is 0 Å². The molecule has 0 aromatic carbocycles. The standard InChI is InChI=1S/C11H21NO3/c1-14-11(13)10(12)4-2-3-9-5-7-15-8-6-9/h9-10H,2-8,12H2,1H3. The van der Waals surface area contributed by atoms with Gasteiger partial charge < -0.3 is 15.2 Å². The van der Waals surface area contributed by atoms with Crippen LogP contribution in [0.15, 0.2) is 0 Å². The predicted octanol–water partition coefficient (Wildman–Crippen LogP) is 1.08. The van der Waals surface area contributed by atoms with Gasteiger partial charge in [0.05, 0.1) is 7.11 Å². The normalized spacial score (nSPS) is 19.9. The molecule has 1 aliphatic rings. The van der Waals surface area contributed by atoms with E-state index in [1.165, 1.54) is 7.11 Å². The van der Waals surface area contributed by atoms with Crippen LogP contribution in [0.25, 0.3) is 0 Å². The number of carbonyl (C=O) groups excluding carboxylic acids is 1. The van der Waals surface area contributed by atoms with Crippen LogP contribution in [0, 0.1) is 5.92 Å². The van der Waals surface area contributed by atoms with E-state index in [4.69, 9.17) is 10.5 Å². The number of esters is 1. The van der Waals surface area contributed by atoms with Gasteiger partial charge in [-0.05, 0) is 25.2 Å². The second-order valence-electron chi connectivity index (χ2n) is 4.12. The van der Waals surface area contributed by atoms with Crippen molar-refractivity contribution in [3.63, 3.8) is 0 Å². The van der Waals surface area contributed by atoms with Gasteiger partial charge >= 0.3 is 5.97 Å². The van der Waals surface area contributed by atoms with Crippen LogP contribution in [0.2, 0.25) is 0 Å². The number of methoxy groups -OCH3 is 1. The molecule has 0 spiro atoms. The SMILES string of the molecule is COC(=O)C(N)CCCC1CCOCC1. The van der Waals surface area contributed by atoms with Crippen molar-refractivity contribution in [2.24, 2.45) is 11.7 Å². The molecule has 1 rings (SSSR count). The van der Waals surface area contributed by atoms with Crippen LogP contribution in [0.1, 0.15) is 32.1 Å². The third-order valence-corrected chi connectivity index (χ3v) is 2.97. The Morgan fingerprint density at radius 3 is 2.80 bits per heavy atom. The van der Waals surface area contributed by atoms with Crippen LogP contribution in [-0.2, 0) is 14.3 Å². The molecule has 1 fully saturated rings. The van der Waals surface area contributed by atoms with Gasteiger partial charge in [-0.25, -0.2) is 0 Å². The Morgan fingerprint density at radius 1 is 1.53 bits per heavy atom. The molecule has 0 aromatic rings. The predicted molar refractivity (Wildman–Crippen MR) is 57.4 cm³/mol. The van der Waals surface area contributed by atoms with E-state index < -0.39 is 6.04 Å². The minimum absolute atomic E-state index is 0.304. The minimum atomic E-state index is -0.449. The zero-order chi connectivity index (χ0) is 11.1. The number of carbonyl (C=O) groups is 1. The highest BCUT2D eigenvalue weighted by atomic mass is 16.5. The summed E-state index contributed by atoms with van der Waals surface area (Å²) in [4.78, 5) is 11.0. The second-order valence-corrected chi connectivity index (χ2v) is 4.12. The molecular formula is C11H21NO3. The molecule has 1 saturated heterocycles. The van der Waals surface area contributed by atoms with E-state index in [0.29, 0.717) is 0 Å². The average molecular weight is 215 g/mol. The van der Waals surface area contributed by atoms with Crippen molar-refractivity contribution in [2.45, 2.75) is 38.1 Å². The van der Waals surface area contributed by atoms with Gasteiger partial charge in [0.2, 0.25) is 0 Å². The van der Waals surface area contributed by atoms with Gasteiger partial charge in [-0.3, -0.25) is 4.79 Å². The second kappa shape index (κ2) is 6.80. The summed E-state index contributed by atoms with van der Waals surface area (Å²) in [5.74, 6) is 0.450. The van der Waals surface area contributed by atoms with Gasteiger partial charge in [0, 0.05) is 13.2 Å². The molecular weight excluding hydrogens is 194 g/mol. The van der Waals surface area contributed by atoms with Gasteiger partial charge in [-0.15, -0.1) is 0 Å². The molecule has 1 unspecified atom stereocenters. The maximum atomic E-state index is 11.0. The smallest absolute Gasteiger partial charge is 0.322 e. The van der Waals surface area contributed by atoms with Gasteiger partial charge in [0.15, 0.2) is 0 Å². The highest BCUT2D eigenvalue weighted by Crippen LogP contribution is 2.21. The average Bonchev–Trinajstić information content (AvgIpc) is 2.29. The lowest BCUT2D eigenvalue weighted by atomic mass is 9.93. The lowest BCUT2D eigenvalue weighted by Gasteiger charge is -2.22. The Balaban J connectivity index is 2.07. The van der Waals surface area contributed by atoms with Crippen molar-refractivity contribution in [1.29, 1.82) is 0 Å². The number of hydrogen-bond donors (Lipinski definition) is 1. The van der Waals surface area contributed by atoms with Crippen LogP contribution in [0.5, 0.6) is 0 Å².